The van der Waals surface area contributed by atoms with E-state index in [0.29, 0.717) is 4.70 Å². The van der Waals surface area contributed by atoms with Gasteiger partial charge in [0.15, 0.2) is 5.13 Å². The van der Waals surface area contributed by atoms with Crippen molar-refractivity contribution in [1.29, 1.82) is 0 Å². The van der Waals surface area contributed by atoms with Crippen LogP contribution >= 0.6 is 11.3 Å². The predicted octanol–water partition coefficient (Wildman–Crippen LogP) is 2.97. The molecule has 0 atom stereocenters. The standard InChI is InChI=1S/C20H22FN3O5S2/c1-28-12-10-24(11-13-29-2)31(26,27)15-8-6-14(7-9-15)19(25)23-20-22-18-16(21)4-3-5-17(18)30-20/h3-9H,10-13H2,1-2H3,(H,22,23,25). The second-order valence-corrected chi connectivity index (χ2v) is 9.44. The minimum atomic E-state index is -3.78. The molecule has 0 saturated heterocycles. The SMILES string of the molecule is COCCN(CCOC)S(=O)(=O)c1ccc(C(=O)Nc2nc3c(F)cccc3s2)cc1. The molecular formula is C20H22FN3O5S2. The Kier molecular flexibility index (Phi) is 7.68. The van der Waals surface area contributed by atoms with Gasteiger partial charge in [-0.25, -0.2) is 17.8 Å². The van der Waals surface area contributed by atoms with Gasteiger partial charge in [0.2, 0.25) is 10.0 Å². The molecule has 0 aliphatic rings. The Morgan fingerprint density at radius 3 is 2.32 bits per heavy atom. The average Bonchev–Trinajstić information content (AvgIpc) is 3.17. The molecule has 1 heterocycles. The summed E-state index contributed by atoms with van der Waals surface area (Å²) in [6, 6.07) is 10.2. The van der Waals surface area contributed by atoms with Crippen LogP contribution in [0.5, 0.6) is 0 Å². The van der Waals surface area contributed by atoms with Crippen molar-refractivity contribution >= 4 is 42.6 Å². The molecule has 1 N–H and O–H groups in total. The maximum absolute atomic E-state index is 13.8. The van der Waals surface area contributed by atoms with Gasteiger partial charge in [0.1, 0.15) is 11.3 Å². The van der Waals surface area contributed by atoms with E-state index in [1.165, 1.54) is 48.9 Å². The van der Waals surface area contributed by atoms with Gasteiger partial charge >= 0.3 is 0 Å². The molecule has 0 aliphatic carbocycles. The van der Waals surface area contributed by atoms with Crippen LogP contribution in [0, 0.1) is 5.82 Å². The maximum Gasteiger partial charge on any atom is 0.257 e. The van der Waals surface area contributed by atoms with Crippen molar-refractivity contribution in [3.8, 4) is 0 Å². The first-order chi connectivity index (χ1) is 14.9. The van der Waals surface area contributed by atoms with E-state index in [2.05, 4.69) is 10.3 Å². The van der Waals surface area contributed by atoms with Gasteiger partial charge in [0.25, 0.3) is 5.91 Å². The van der Waals surface area contributed by atoms with Gasteiger partial charge < -0.3 is 9.47 Å². The molecule has 0 fully saturated rings. The third-order valence-electron chi connectivity index (χ3n) is 4.43. The third-order valence-corrected chi connectivity index (χ3v) is 7.28. The summed E-state index contributed by atoms with van der Waals surface area (Å²) in [6.45, 7) is 0.843. The van der Waals surface area contributed by atoms with E-state index in [0.717, 1.165) is 11.3 Å². The number of fused-ring (bicyclic) bond motifs is 1. The van der Waals surface area contributed by atoms with Crippen LogP contribution in [0.25, 0.3) is 10.2 Å². The second kappa shape index (κ2) is 10.2. The Bertz CT molecular complexity index is 1140. The van der Waals surface area contributed by atoms with Crippen LogP contribution in [-0.2, 0) is 19.5 Å². The molecule has 0 spiro atoms. The van der Waals surface area contributed by atoms with Crippen LogP contribution in [0.1, 0.15) is 10.4 Å². The van der Waals surface area contributed by atoms with Crippen molar-refractivity contribution in [2.45, 2.75) is 4.90 Å². The number of amides is 1. The fraction of sp³-hybridized carbons (Fsp3) is 0.300. The van der Waals surface area contributed by atoms with Crippen molar-refractivity contribution in [3.63, 3.8) is 0 Å². The van der Waals surface area contributed by atoms with Gasteiger partial charge in [-0.2, -0.15) is 4.31 Å². The van der Waals surface area contributed by atoms with E-state index in [9.17, 15) is 17.6 Å². The Hall–Kier alpha value is -2.44. The number of methoxy groups -OCH3 is 2. The molecular weight excluding hydrogens is 445 g/mol. The topological polar surface area (TPSA) is 97.8 Å². The lowest BCUT2D eigenvalue weighted by Gasteiger charge is -2.21. The summed E-state index contributed by atoms with van der Waals surface area (Å²) in [7, 11) is -0.791. The van der Waals surface area contributed by atoms with E-state index in [1.54, 1.807) is 12.1 Å². The first-order valence-corrected chi connectivity index (χ1v) is 11.6. The first-order valence-electron chi connectivity index (χ1n) is 9.31. The van der Waals surface area contributed by atoms with Crippen molar-refractivity contribution in [2.24, 2.45) is 0 Å². The zero-order chi connectivity index (χ0) is 22.4. The summed E-state index contributed by atoms with van der Waals surface area (Å²) in [5.41, 5.74) is 0.440. The Morgan fingerprint density at radius 2 is 1.74 bits per heavy atom. The fourth-order valence-corrected chi connectivity index (χ4v) is 5.09. The molecule has 3 rings (SSSR count). The summed E-state index contributed by atoms with van der Waals surface area (Å²) < 4.78 is 51.5. The van der Waals surface area contributed by atoms with Crippen LogP contribution in [0.2, 0.25) is 0 Å². The van der Waals surface area contributed by atoms with Gasteiger partial charge in [-0.3, -0.25) is 10.1 Å². The molecule has 0 radical (unpaired) electrons. The van der Waals surface area contributed by atoms with Crippen molar-refractivity contribution in [3.05, 3.63) is 53.8 Å². The zero-order valence-electron chi connectivity index (χ0n) is 17.0. The molecule has 11 heteroatoms. The zero-order valence-corrected chi connectivity index (χ0v) is 18.6. The molecule has 3 aromatic rings. The highest BCUT2D eigenvalue weighted by Crippen LogP contribution is 2.28. The number of hydrogen-bond donors (Lipinski definition) is 1. The highest BCUT2D eigenvalue weighted by atomic mass is 32.2. The number of aromatic nitrogens is 1. The first kappa shape index (κ1) is 23.2. The van der Waals surface area contributed by atoms with E-state index < -0.39 is 21.7 Å². The number of carbonyl (C=O) groups excluding carboxylic acids is 1. The third kappa shape index (κ3) is 5.43. The number of hydrogen-bond acceptors (Lipinski definition) is 7. The maximum atomic E-state index is 13.8. The van der Waals surface area contributed by atoms with Crippen LogP contribution in [0.4, 0.5) is 9.52 Å². The van der Waals surface area contributed by atoms with Crippen molar-refractivity contribution in [2.75, 3.05) is 45.8 Å². The summed E-state index contributed by atoms with van der Waals surface area (Å²) in [5.74, 6) is -0.936. The van der Waals surface area contributed by atoms with Gasteiger partial charge in [-0.05, 0) is 36.4 Å². The monoisotopic (exact) mass is 467 g/mol. The molecule has 1 amide bonds. The number of halogens is 1. The number of carbonyl (C=O) groups is 1. The number of nitrogens with one attached hydrogen (secondary N) is 1. The summed E-state index contributed by atoms with van der Waals surface area (Å²) in [4.78, 5) is 16.7. The Balaban J connectivity index is 1.75. The molecule has 0 aliphatic heterocycles. The second-order valence-electron chi connectivity index (χ2n) is 6.47. The smallest absolute Gasteiger partial charge is 0.257 e. The number of anilines is 1. The number of sulfonamides is 1. The number of rotatable bonds is 10. The number of ether oxygens (including phenoxy) is 2. The number of thiazole rings is 1. The number of para-hydroxylation sites is 1. The minimum absolute atomic E-state index is 0.0540. The lowest BCUT2D eigenvalue weighted by molar-refractivity contribution is 0.102. The van der Waals surface area contributed by atoms with Gasteiger partial charge in [-0.15, -0.1) is 0 Å². The lowest BCUT2D eigenvalue weighted by atomic mass is 10.2. The van der Waals surface area contributed by atoms with E-state index >= 15 is 0 Å². The van der Waals surface area contributed by atoms with E-state index in [1.807, 2.05) is 0 Å². The molecule has 2 aromatic carbocycles. The quantitative estimate of drug-likeness (QED) is 0.492. The highest BCUT2D eigenvalue weighted by Gasteiger charge is 2.24. The Morgan fingerprint density at radius 1 is 1.10 bits per heavy atom. The average molecular weight is 468 g/mol. The van der Waals surface area contributed by atoms with Gasteiger partial charge in [0.05, 0.1) is 22.8 Å². The molecule has 1 aromatic heterocycles. The molecule has 0 unspecified atom stereocenters. The highest BCUT2D eigenvalue weighted by molar-refractivity contribution is 7.89. The van der Waals surface area contributed by atoms with Crippen LogP contribution < -0.4 is 5.32 Å². The van der Waals surface area contributed by atoms with Crippen LogP contribution in [0.15, 0.2) is 47.4 Å². The molecule has 8 nitrogen and oxygen atoms in total. The van der Waals surface area contributed by atoms with E-state index in [-0.39, 0.29) is 47.4 Å². The normalized spacial score (nSPS) is 11.9. The summed E-state index contributed by atoms with van der Waals surface area (Å²) in [5, 5.41) is 2.88. The predicted molar refractivity (Wildman–Crippen MR) is 116 cm³/mol. The molecule has 31 heavy (non-hydrogen) atoms. The summed E-state index contributed by atoms with van der Waals surface area (Å²) >= 11 is 1.15. The fourth-order valence-electron chi connectivity index (χ4n) is 2.80. The molecule has 0 bridgehead atoms. The van der Waals surface area contributed by atoms with E-state index in [4.69, 9.17) is 9.47 Å². The van der Waals surface area contributed by atoms with Crippen molar-refractivity contribution < 1.29 is 27.1 Å². The van der Waals surface area contributed by atoms with Crippen LogP contribution in [0.3, 0.4) is 0 Å². The van der Waals surface area contributed by atoms with Gasteiger partial charge in [0, 0.05) is 32.9 Å². The number of benzene rings is 2. The largest absolute Gasteiger partial charge is 0.383 e. The van der Waals surface area contributed by atoms with Crippen molar-refractivity contribution in [1.82, 2.24) is 9.29 Å². The minimum Gasteiger partial charge on any atom is -0.383 e. The lowest BCUT2D eigenvalue weighted by Crippen LogP contribution is -2.36. The van der Waals surface area contributed by atoms with Crippen LogP contribution in [-0.4, -0.2) is 64.1 Å². The number of nitrogens with zero attached hydrogens (tertiary/aromatic N) is 2. The summed E-state index contributed by atoms with van der Waals surface area (Å²) in [6.07, 6.45) is 0. The molecule has 0 saturated carbocycles. The Labute approximate surface area is 183 Å². The molecule has 166 valence electrons. The van der Waals surface area contributed by atoms with Gasteiger partial charge in [-0.1, -0.05) is 17.4 Å².